The van der Waals surface area contributed by atoms with Crippen molar-refractivity contribution < 1.29 is 14.3 Å². The molecule has 0 aliphatic rings. The SMILES string of the molecule is COCCOCCNC(=O)c1cnc(NN)cn1. The molecule has 0 aliphatic heterocycles. The molecule has 0 aliphatic carbocycles. The zero-order valence-corrected chi connectivity index (χ0v) is 10.2. The average Bonchev–Trinajstić information content (AvgIpc) is 2.42. The number of nitrogens with zero attached hydrogens (tertiary/aromatic N) is 2. The lowest BCUT2D eigenvalue weighted by molar-refractivity contribution is 0.0691. The number of anilines is 1. The zero-order valence-electron chi connectivity index (χ0n) is 10.2. The molecule has 1 aromatic heterocycles. The van der Waals surface area contributed by atoms with E-state index >= 15 is 0 Å². The molecule has 0 fully saturated rings. The van der Waals surface area contributed by atoms with Crippen molar-refractivity contribution in [2.75, 3.05) is 38.9 Å². The van der Waals surface area contributed by atoms with Crippen molar-refractivity contribution in [1.82, 2.24) is 15.3 Å². The molecule has 8 nitrogen and oxygen atoms in total. The normalized spacial score (nSPS) is 10.1. The van der Waals surface area contributed by atoms with E-state index in [9.17, 15) is 4.79 Å². The minimum Gasteiger partial charge on any atom is -0.382 e. The lowest BCUT2D eigenvalue weighted by Gasteiger charge is -2.06. The topological polar surface area (TPSA) is 111 Å². The highest BCUT2D eigenvalue weighted by Gasteiger charge is 2.06. The van der Waals surface area contributed by atoms with Gasteiger partial charge >= 0.3 is 0 Å². The quantitative estimate of drug-likeness (QED) is 0.315. The van der Waals surface area contributed by atoms with Crippen LogP contribution >= 0.6 is 0 Å². The molecule has 1 aromatic rings. The van der Waals surface area contributed by atoms with Crippen molar-refractivity contribution in [3.8, 4) is 0 Å². The maximum atomic E-state index is 11.6. The van der Waals surface area contributed by atoms with Crippen molar-refractivity contribution in [2.45, 2.75) is 0 Å². The van der Waals surface area contributed by atoms with Crippen LogP contribution in [0, 0.1) is 0 Å². The molecule has 1 rings (SSSR count). The van der Waals surface area contributed by atoms with E-state index in [2.05, 4.69) is 20.7 Å². The van der Waals surface area contributed by atoms with E-state index in [-0.39, 0.29) is 11.6 Å². The van der Waals surface area contributed by atoms with Gasteiger partial charge < -0.3 is 20.2 Å². The van der Waals surface area contributed by atoms with Crippen LogP contribution < -0.4 is 16.6 Å². The number of amides is 1. The van der Waals surface area contributed by atoms with E-state index in [1.165, 1.54) is 12.4 Å². The standard InChI is InChI=1S/C10H17N5O3/c1-17-4-5-18-3-2-12-10(16)8-6-14-9(15-11)7-13-8/h6-7H,2-5,11H2,1H3,(H,12,16)(H,14,15). The van der Waals surface area contributed by atoms with E-state index in [1.54, 1.807) is 7.11 Å². The van der Waals surface area contributed by atoms with Crippen LogP contribution in [-0.4, -0.2) is 49.4 Å². The maximum Gasteiger partial charge on any atom is 0.271 e. The summed E-state index contributed by atoms with van der Waals surface area (Å²) in [7, 11) is 1.60. The Hall–Kier alpha value is -1.77. The highest BCUT2D eigenvalue weighted by molar-refractivity contribution is 5.91. The molecule has 1 heterocycles. The highest BCUT2D eigenvalue weighted by Crippen LogP contribution is 1.98. The largest absolute Gasteiger partial charge is 0.382 e. The number of carbonyl (C=O) groups excluding carboxylic acids is 1. The number of nitrogen functional groups attached to an aromatic ring is 1. The summed E-state index contributed by atoms with van der Waals surface area (Å²) in [6, 6.07) is 0. The molecule has 0 saturated heterocycles. The number of hydrogen-bond donors (Lipinski definition) is 3. The van der Waals surface area contributed by atoms with E-state index < -0.39 is 0 Å². The van der Waals surface area contributed by atoms with Gasteiger partial charge in [-0.1, -0.05) is 0 Å². The van der Waals surface area contributed by atoms with Crippen LogP contribution in [0.25, 0.3) is 0 Å². The predicted octanol–water partition coefficient (Wildman–Crippen LogP) is -0.845. The third kappa shape index (κ3) is 5.04. The Bertz CT molecular complexity index is 357. The monoisotopic (exact) mass is 255 g/mol. The fraction of sp³-hybridized carbons (Fsp3) is 0.500. The molecule has 8 heteroatoms. The summed E-state index contributed by atoms with van der Waals surface area (Å²) in [5.41, 5.74) is 2.56. The Morgan fingerprint density at radius 1 is 1.33 bits per heavy atom. The lowest BCUT2D eigenvalue weighted by atomic mass is 10.4. The summed E-state index contributed by atoms with van der Waals surface area (Å²) < 4.78 is 10.0. The van der Waals surface area contributed by atoms with Gasteiger partial charge in [0.15, 0.2) is 5.82 Å². The molecule has 0 bridgehead atoms. The van der Waals surface area contributed by atoms with E-state index in [0.29, 0.717) is 32.2 Å². The summed E-state index contributed by atoms with van der Waals surface area (Å²) in [5, 5.41) is 2.65. The first-order chi connectivity index (χ1) is 8.77. The zero-order chi connectivity index (χ0) is 13.2. The van der Waals surface area contributed by atoms with Gasteiger partial charge in [-0.2, -0.15) is 0 Å². The van der Waals surface area contributed by atoms with Gasteiger partial charge in [0.25, 0.3) is 5.91 Å². The van der Waals surface area contributed by atoms with Crippen LogP contribution in [-0.2, 0) is 9.47 Å². The number of hydrogen-bond acceptors (Lipinski definition) is 7. The van der Waals surface area contributed by atoms with Gasteiger partial charge in [-0.15, -0.1) is 0 Å². The van der Waals surface area contributed by atoms with Crippen LogP contribution in [0.2, 0.25) is 0 Å². The Labute approximate surface area is 105 Å². The number of aromatic nitrogens is 2. The molecule has 0 saturated carbocycles. The molecular weight excluding hydrogens is 238 g/mol. The number of carbonyl (C=O) groups is 1. The molecule has 100 valence electrons. The van der Waals surface area contributed by atoms with Gasteiger partial charge in [0.2, 0.25) is 0 Å². The molecule has 0 aromatic carbocycles. The average molecular weight is 255 g/mol. The predicted molar refractivity (Wildman–Crippen MR) is 64.9 cm³/mol. The Morgan fingerprint density at radius 2 is 2.17 bits per heavy atom. The van der Waals surface area contributed by atoms with Crippen LogP contribution in [0.3, 0.4) is 0 Å². The molecule has 18 heavy (non-hydrogen) atoms. The second kappa shape index (κ2) is 8.34. The third-order valence-corrected chi connectivity index (χ3v) is 2.00. The minimum atomic E-state index is -0.304. The summed E-state index contributed by atoms with van der Waals surface area (Å²) in [4.78, 5) is 19.4. The van der Waals surface area contributed by atoms with Gasteiger partial charge in [0.05, 0.1) is 32.2 Å². The number of nitrogens with one attached hydrogen (secondary N) is 2. The van der Waals surface area contributed by atoms with E-state index in [4.69, 9.17) is 15.3 Å². The van der Waals surface area contributed by atoms with Crippen molar-refractivity contribution in [3.63, 3.8) is 0 Å². The Kier molecular flexibility index (Phi) is 6.62. The van der Waals surface area contributed by atoms with Crippen molar-refractivity contribution in [3.05, 3.63) is 18.1 Å². The maximum absolute atomic E-state index is 11.6. The fourth-order valence-electron chi connectivity index (χ4n) is 1.09. The summed E-state index contributed by atoms with van der Waals surface area (Å²) in [5.74, 6) is 5.23. The third-order valence-electron chi connectivity index (χ3n) is 2.00. The molecule has 0 spiro atoms. The van der Waals surface area contributed by atoms with Crippen molar-refractivity contribution >= 4 is 11.7 Å². The first kappa shape index (κ1) is 14.3. The lowest BCUT2D eigenvalue weighted by Crippen LogP contribution is -2.28. The number of rotatable bonds is 8. The summed E-state index contributed by atoms with van der Waals surface area (Å²) in [6.07, 6.45) is 2.72. The van der Waals surface area contributed by atoms with Gasteiger partial charge in [-0.3, -0.25) is 4.79 Å². The van der Waals surface area contributed by atoms with Crippen molar-refractivity contribution in [2.24, 2.45) is 5.84 Å². The van der Waals surface area contributed by atoms with Crippen LogP contribution in [0.1, 0.15) is 10.5 Å². The van der Waals surface area contributed by atoms with Crippen LogP contribution in [0.5, 0.6) is 0 Å². The summed E-state index contributed by atoms with van der Waals surface area (Å²) >= 11 is 0. The Balaban J connectivity index is 2.23. The van der Waals surface area contributed by atoms with Crippen LogP contribution in [0.15, 0.2) is 12.4 Å². The van der Waals surface area contributed by atoms with Crippen molar-refractivity contribution in [1.29, 1.82) is 0 Å². The molecule has 0 atom stereocenters. The number of hydrazine groups is 1. The smallest absolute Gasteiger partial charge is 0.271 e. The van der Waals surface area contributed by atoms with Crippen LogP contribution in [0.4, 0.5) is 5.82 Å². The molecular formula is C10H17N5O3. The van der Waals surface area contributed by atoms with E-state index in [0.717, 1.165) is 0 Å². The number of methoxy groups -OCH3 is 1. The van der Waals surface area contributed by atoms with Gasteiger partial charge in [0, 0.05) is 13.7 Å². The minimum absolute atomic E-state index is 0.228. The molecule has 0 radical (unpaired) electrons. The Morgan fingerprint density at radius 3 is 2.78 bits per heavy atom. The second-order valence-electron chi connectivity index (χ2n) is 3.29. The molecule has 4 N–H and O–H groups in total. The highest BCUT2D eigenvalue weighted by atomic mass is 16.5. The molecule has 0 unspecified atom stereocenters. The van der Waals surface area contributed by atoms with Gasteiger partial charge in [-0.25, -0.2) is 15.8 Å². The first-order valence-electron chi connectivity index (χ1n) is 5.41. The fourth-order valence-corrected chi connectivity index (χ4v) is 1.09. The number of nitrogens with two attached hydrogens (primary N) is 1. The second-order valence-corrected chi connectivity index (χ2v) is 3.29. The number of ether oxygens (including phenoxy) is 2. The van der Waals surface area contributed by atoms with E-state index in [1.807, 2.05) is 0 Å². The molecule has 1 amide bonds. The van der Waals surface area contributed by atoms with Gasteiger partial charge in [-0.05, 0) is 0 Å². The van der Waals surface area contributed by atoms with Gasteiger partial charge in [0.1, 0.15) is 5.69 Å². The first-order valence-corrected chi connectivity index (χ1v) is 5.41. The summed E-state index contributed by atoms with van der Waals surface area (Å²) in [6.45, 7) is 1.86.